The molecule has 0 saturated heterocycles. The summed E-state index contributed by atoms with van der Waals surface area (Å²) >= 11 is 5.45. The lowest BCUT2D eigenvalue weighted by atomic mass is 10.1. The van der Waals surface area contributed by atoms with E-state index in [9.17, 15) is 13.6 Å². The van der Waals surface area contributed by atoms with Crippen LogP contribution in [0, 0.1) is 11.6 Å². The third-order valence-corrected chi connectivity index (χ3v) is 2.11. The van der Waals surface area contributed by atoms with Gasteiger partial charge >= 0.3 is 0 Å². The van der Waals surface area contributed by atoms with Gasteiger partial charge in [0.05, 0.1) is 12.1 Å². The minimum absolute atomic E-state index is 0.0416. The van der Waals surface area contributed by atoms with E-state index in [0.717, 1.165) is 0 Å². The van der Waals surface area contributed by atoms with Crippen molar-refractivity contribution in [2.75, 3.05) is 7.11 Å². The maximum Gasteiger partial charge on any atom is 0.202 e. The molecule has 0 N–H and O–H groups in total. The Hall–Kier alpha value is -1.16. The molecule has 15 heavy (non-hydrogen) atoms. The van der Waals surface area contributed by atoms with Crippen LogP contribution in [0.15, 0.2) is 6.07 Å². The van der Waals surface area contributed by atoms with E-state index >= 15 is 0 Å². The Kier molecular flexibility index (Phi) is 3.63. The molecule has 5 heteroatoms. The molecule has 1 aromatic carbocycles. The topological polar surface area (TPSA) is 26.3 Å². The van der Waals surface area contributed by atoms with Crippen LogP contribution in [-0.4, -0.2) is 12.9 Å². The van der Waals surface area contributed by atoms with Crippen molar-refractivity contribution in [2.24, 2.45) is 0 Å². The highest BCUT2D eigenvalue weighted by Crippen LogP contribution is 2.30. The van der Waals surface area contributed by atoms with Crippen LogP contribution in [-0.2, 0) is 11.2 Å². The molecule has 0 bridgehead atoms. The Bertz CT molecular complexity index is 405. The van der Waals surface area contributed by atoms with E-state index in [1.807, 2.05) is 0 Å². The fourth-order valence-electron chi connectivity index (χ4n) is 1.25. The zero-order valence-electron chi connectivity index (χ0n) is 8.23. The molecular weight excluding hydrogens is 226 g/mol. The van der Waals surface area contributed by atoms with Crippen LogP contribution >= 0.6 is 11.6 Å². The summed E-state index contributed by atoms with van der Waals surface area (Å²) in [6, 6.07) is 1.19. The first kappa shape index (κ1) is 11.9. The summed E-state index contributed by atoms with van der Waals surface area (Å²) in [5.41, 5.74) is 0.244. The first-order valence-corrected chi connectivity index (χ1v) is 4.55. The molecule has 1 aromatic rings. The molecular formula is C10H9ClF2O2. The molecule has 0 amide bonds. The summed E-state index contributed by atoms with van der Waals surface area (Å²) in [6.07, 6.45) is -0.0416. The van der Waals surface area contributed by atoms with Crippen LogP contribution in [0.4, 0.5) is 8.78 Å². The van der Waals surface area contributed by atoms with E-state index in [4.69, 9.17) is 11.6 Å². The summed E-state index contributed by atoms with van der Waals surface area (Å²) in [5, 5.41) is -0.357. The second-order valence-electron chi connectivity index (χ2n) is 3.06. The predicted octanol–water partition coefficient (Wildman–Crippen LogP) is 2.76. The maximum atomic E-state index is 13.3. The predicted molar refractivity (Wildman–Crippen MR) is 52.3 cm³/mol. The summed E-state index contributed by atoms with van der Waals surface area (Å²) < 4.78 is 31.0. The van der Waals surface area contributed by atoms with Crippen molar-refractivity contribution in [3.8, 4) is 5.75 Å². The number of hydrogen-bond donors (Lipinski definition) is 0. The van der Waals surface area contributed by atoms with Crippen molar-refractivity contribution in [3.63, 3.8) is 0 Å². The van der Waals surface area contributed by atoms with Crippen LogP contribution in [0.3, 0.4) is 0 Å². The van der Waals surface area contributed by atoms with E-state index in [0.29, 0.717) is 0 Å². The summed E-state index contributed by atoms with van der Waals surface area (Å²) in [5.74, 6) is -2.79. The highest BCUT2D eigenvalue weighted by Gasteiger charge is 2.18. The first-order valence-electron chi connectivity index (χ1n) is 4.17. The van der Waals surface area contributed by atoms with Crippen LogP contribution in [0.5, 0.6) is 5.75 Å². The van der Waals surface area contributed by atoms with E-state index in [-0.39, 0.29) is 28.5 Å². The minimum atomic E-state index is -1.17. The van der Waals surface area contributed by atoms with Crippen LogP contribution in [0.25, 0.3) is 0 Å². The number of Topliss-reactive ketones (excluding diaryl/α,β-unsaturated/α-hetero) is 1. The van der Waals surface area contributed by atoms with Crippen LogP contribution in [0.1, 0.15) is 12.5 Å². The van der Waals surface area contributed by atoms with Crippen molar-refractivity contribution in [3.05, 3.63) is 28.3 Å². The normalized spacial score (nSPS) is 10.2. The van der Waals surface area contributed by atoms with Gasteiger partial charge in [-0.1, -0.05) is 11.6 Å². The molecule has 0 heterocycles. The number of benzene rings is 1. The molecule has 0 unspecified atom stereocenters. The highest BCUT2D eigenvalue weighted by molar-refractivity contribution is 6.30. The third-order valence-electron chi connectivity index (χ3n) is 1.84. The first-order chi connectivity index (χ1) is 6.97. The van der Waals surface area contributed by atoms with Crippen molar-refractivity contribution < 1.29 is 18.3 Å². The standard InChI is InChI=1S/C10H9ClF2O2/c1-5(14)3-6-4-7(11)8(12)9(13)10(6)15-2/h4H,3H2,1-2H3. The smallest absolute Gasteiger partial charge is 0.202 e. The molecule has 2 nitrogen and oxygen atoms in total. The zero-order chi connectivity index (χ0) is 11.6. The molecule has 0 atom stereocenters. The molecule has 1 rings (SSSR count). The lowest BCUT2D eigenvalue weighted by Gasteiger charge is -2.09. The number of halogens is 3. The van der Waals surface area contributed by atoms with E-state index in [1.54, 1.807) is 0 Å². The number of methoxy groups -OCH3 is 1. The maximum absolute atomic E-state index is 13.3. The van der Waals surface area contributed by atoms with Crippen molar-refractivity contribution in [2.45, 2.75) is 13.3 Å². The Labute approximate surface area is 90.8 Å². The molecule has 0 fully saturated rings. The van der Waals surface area contributed by atoms with Gasteiger partial charge < -0.3 is 4.74 Å². The summed E-state index contributed by atoms with van der Waals surface area (Å²) in [6.45, 7) is 1.34. The number of ether oxygens (including phenoxy) is 1. The average molecular weight is 235 g/mol. The average Bonchev–Trinajstić information content (AvgIpc) is 2.14. The Morgan fingerprint density at radius 1 is 1.47 bits per heavy atom. The number of ketones is 1. The van der Waals surface area contributed by atoms with Gasteiger partial charge in [0.15, 0.2) is 11.6 Å². The number of carbonyl (C=O) groups is 1. The quantitative estimate of drug-likeness (QED) is 0.752. The van der Waals surface area contributed by atoms with E-state index in [2.05, 4.69) is 4.74 Å². The summed E-state index contributed by atoms with van der Waals surface area (Å²) in [7, 11) is 1.20. The molecule has 0 aliphatic rings. The molecule has 0 aromatic heterocycles. The lowest BCUT2D eigenvalue weighted by molar-refractivity contribution is -0.116. The fraction of sp³-hybridized carbons (Fsp3) is 0.300. The minimum Gasteiger partial charge on any atom is -0.493 e. The van der Waals surface area contributed by atoms with Gasteiger partial charge in [-0.25, -0.2) is 4.39 Å². The van der Waals surface area contributed by atoms with E-state index in [1.165, 1.54) is 20.1 Å². The zero-order valence-corrected chi connectivity index (χ0v) is 8.99. The van der Waals surface area contributed by atoms with Gasteiger partial charge in [0.25, 0.3) is 0 Å². The van der Waals surface area contributed by atoms with Gasteiger partial charge in [0.2, 0.25) is 5.82 Å². The van der Waals surface area contributed by atoms with Gasteiger partial charge in [-0.2, -0.15) is 4.39 Å². The third kappa shape index (κ3) is 2.45. The number of hydrogen-bond acceptors (Lipinski definition) is 2. The van der Waals surface area contributed by atoms with Crippen molar-refractivity contribution >= 4 is 17.4 Å². The van der Waals surface area contributed by atoms with E-state index < -0.39 is 11.6 Å². The van der Waals surface area contributed by atoms with Gasteiger partial charge in [0.1, 0.15) is 5.78 Å². The highest BCUT2D eigenvalue weighted by atomic mass is 35.5. The number of rotatable bonds is 3. The van der Waals surface area contributed by atoms with Crippen LogP contribution in [0.2, 0.25) is 5.02 Å². The molecule has 82 valence electrons. The Morgan fingerprint density at radius 3 is 2.53 bits per heavy atom. The molecule has 0 aliphatic heterocycles. The molecule has 0 aliphatic carbocycles. The second-order valence-corrected chi connectivity index (χ2v) is 3.46. The van der Waals surface area contributed by atoms with Gasteiger partial charge in [0, 0.05) is 12.0 Å². The SMILES string of the molecule is COc1c(CC(C)=O)cc(Cl)c(F)c1F. The molecule has 0 saturated carbocycles. The lowest BCUT2D eigenvalue weighted by Crippen LogP contribution is -2.03. The Balaban J connectivity index is 3.31. The molecule has 0 radical (unpaired) electrons. The largest absolute Gasteiger partial charge is 0.493 e. The van der Waals surface area contributed by atoms with Crippen molar-refractivity contribution in [1.82, 2.24) is 0 Å². The second kappa shape index (κ2) is 4.57. The van der Waals surface area contributed by atoms with Gasteiger partial charge in [-0.3, -0.25) is 4.79 Å². The fourth-order valence-corrected chi connectivity index (χ4v) is 1.46. The van der Waals surface area contributed by atoms with Gasteiger partial charge in [-0.05, 0) is 13.0 Å². The number of carbonyl (C=O) groups excluding carboxylic acids is 1. The molecule has 0 spiro atoms. The summed E-state index contributed by atoms with van der Waals surface area (Å²) in [4.78, 5) is 10.9. The van der Waals surface area contributed by atoms with Crippen molar-refractivity contribution in [1.29, 1.82) is 0 Å². The Morgan fingerprint density at radius 2 is 2.07 bits per heavy atom. The van der Waals surface area contributed by atoms with Crippen LogP contribution < -0.4 is 4.74 Å². The van der Waals surface area contributed by atoms with Gasteiger partial charge in [-0.15, -0.1) is 0 Å². The monoisotopic (exact) mass is 234 g/mol.